The van der Waals surface area contributed by atoms with Crippen molar-refractivity contribution in [2.45, 2.75) is 19.9 Å². The van der Waals surface area contributed by atoms with Gasteiger partial charge >= 0.3 is 5.69 Å². The van der Waals surface area contributed by atoms with Gasteiger partial charge in [-0.2, -0.15) is 0 Å². The lowest BCUT2D eigenvalue weighted by atomic mass is 10.1. The van der Waals surface area contributed by atoms with Crippen molar-refractivity contribution < 1.29 is 22.9 Å². The van der Waals surface area contributed by atoms with Crippen molar-refractivity contribution in [1.29, 1.82) is 0 Å². The normalized spacial score (nSPS) is 12.5. The fourth-order valence-corrected chi connectivity index (χ4v) is 3.16. The molecule has 0 saturated carbocycles. The molecule has 0 N–H and O–H groups in total. The molecule has 1 unspecified atom stereocenters. The van der Waals surface area contributed by atoms with Gasteiger partial charge in [0.05, 0.1) is 17.8 Å². The molecule has 1 atom stereocenters. The van der Waals surface area contributed by atoms with Gasteiger partial charge in [-0.25, -0.2) is 8.42 Å². The maximum Gasteiger partial charge on any atom is 0.311 e. The minimum absolute atomic E-state index is 0.00657. The van der Waals surface area contributed by atoms with Gasteiger partial charge < -0.3 is 9.64 Å². The van der Waals surface area contributed by atoms with Gasteiger partial charge in [0.15, 0.2) is 15.6 Å². The van der Waals surface area contributed by atoms with Crippen LogP contribution in [0.1, 0.15) is 24.2 Å². The first-order chi connectivity index (χ1) is 10.6. The topological polar surface area (TPSA) is 107 Å². The summed E-state index contributed by atoms with van der Waals surface area (Å²) in [6, 6.07) is 3.32. The van der Waals surface area contributed by atoms with Crippen molar-refractivity contribution in [2.75, 3.05) is 25.7 Å². The first kappa shape index (κ1) is 18.9. The fourth-order valence-electron chi connectivity index (χ4n) is 1.97. The molecule has 8 nitrogen and oxygen atoms in total. The molecule has 1 aromatic rings. The minimum atomic E-state index is -3.23. The summed E-state index contributed by atoms with van der Waals surface area (Å²) in [5, 5.41) is 11.0. The number of hydrogen-bond acceptors (Lipinski definition) is 6. The van der Waals surface area contributed by atoms with Gasteiger partial charge in [-0.05, 0) is 19.1 Å². The number of benzene rings is 1. The van der Waals surface area contributed by atoms with E-state index in [4.69, 9.17) is 4.74 Å². The molecule has 1 rings (SSSR count). The van der Waals surface area contributed by atoms with Crippen molar-refractivity contribution in [2.24, 2.45) is 0 Å². The van der Waals surface area contributed by atoms with Crippen molar-refractivity contribution in [3.8, 4) is 5.75 Å². The van der Waals surface area contributed by atoms with Gasteiger partial charge in [0.25, 0.3) is 5.91 Å². The highest BCUT2D eigenvalue weighted by molar-refractivity contribution is 7.91. The molecule has 0 radical (unpaired) electrons. The van der Waals surface area contributed by atoms with Crippen LogP contribution >= 0.6 is 0 Å². The average Bonchev–Trinajstić information content (AvgIpc) is 2.52. The van der Waals surface area contributed by atoms with Crippen molar-refractivity contribution in [3.63, 3.8) is 0 Å². The number of nitrogens with zero attached hydrogens (tertiary/aromatic N) is 2. The van der Waals surface area contributed by atoms with E-state index in [0.29, 0.717) is 0 Å². The first-order valence-electron chi connectivity index (χ1n) is 6.93. The Morgan fingerprint density at radius 2 is 2.04 bits per heavy atom. The SMILES string of the molecule is CCS(=O)(=O)CC(C)N(C)C(=O)c1ccc(OC)c([N+](=O)[O-])c1. The van der Waals surface area contributed by atoms with Crippen LogP contribution < -0.4 is 4.74 Å². The van der Waals surface area contributed by atoms with Gasteiger partial charge in [-0.1, -0.05) is 6.92 Å². The lowest BCUT2D eigenvalue weighted by Gasteiger charge is -2.24. The number of hydrogen-bond donors (Lipinski definition) is 0. The van der Waals surface area contributed by atoms with Crippen LogP contribution in [0.4, 0.5) is 5.69 Å². The molecule has 9 heteroatoms. The Labute approximate surface area is 135 Å². The number of nitro groups is 1. The number of nitro benzene ring substituents is 1. The van der Waals surface area contributed by atoms with Gasteiger partial charge in [0.1, 0.15) is 0 Å². The van der Waals surface area contributed by atoms with E-state index in [-0.39, 0.29) is 28.5 Å². The molecule has 0 bridgehead atoms. The number of carbonyl (C=O) groups excluding carboxylic acids is 1. The molecule has 0 saturated heterocycles. The van der Waals surface area contributed by atoms with E-state index >= 15 is 0 Å². The van der Waals surface area contributed by atoms with Gasteiger partial charge in [-0.15, -0.1) is 0 Å². The van der Waals surface area contributed by atoms with Crippen LogP contribution in [0, 0.1) is 10.1 Å². The molecule has 0 aromatic heterocycles. The van der Waals surface area contributed by atoms with E-state index in [9.17, 15) is 23.3 Å². The Morgan fingerprint density at radius 1 is 1.43 bits per heavy atom. The molecule has 0 fully saturated rings. The Balaban J connectivity index is 3.05. The predicted molar refractivity (Wildman–Crippen MR) is 85.5 cm³/mol. The standard InChI is InChI=1S/C14H20N2O6S/c1-5-23(20,21)9-10(2)15(3)14(17)11-6-7-13(22-4)12(8-11)16(18)19/h6-8,10H,5,9H2,1-4H3. The van der Waals surface area contributed by atoms with Crippen molar-refractivity contribution in [1.82, 2.24) is 4.90 Å². The van der Waals surface area contributed by atoms with E-state index in [1.807, 2.05) is 0 Å². The molecular weight excluding hydrogens is 324 g/mol. The minimum Gasteiger partial charge on any atom is -0.490 e. The summed E-state index contributed by atoms with van der Waals surface area (Å²) in [6.45, 7) is 3.15. The Kier molecular flexibility index (Phi) is 6.08. The monoisotopic (exact) mass is 344 g/mol. The second-order valence-electron chi connectivity index (χ2n) is 5.11. The molecule has 0 heterocycles. The summed E-state index contributed by atoms with van der Waals surface area (Å²) >= 11 is 0. The smallest absolute Gasteiger partial charge is 0.311 e. The molecule has 0 spiro atoms. The van der Waals surface area contributed by atoms with Crippen LogP contribution in [0.5, 0.6) is 5.75 Å². The Bertz CT molecular complexity index is 701. The number of methoxy groups -OCH3 is 1. The van der Waals surface area contributed by atoms with E-state index in [0.717, 1.165) is 6.07 Å². The summed E-state index contributed by atoms with van der Waals surface area (Å²) in [6.07, 6.45) is 0. The zero-order valence-electron chi connectivity index (χ0n) is 13.5. The van der Waals surface area contributed by atoms with E-state index < -0.39 is 26.7 Å². The quantitative estimate of drug-likeness (QED) is 0.548. The predicted octanol–water partition coefficient (Wildman–Crippen LogP) is 1.50. The summed E-state index contributed by atoms with van der Waals surface area (Å²) in [5.74, 6) is -0.609. The number of sulfone groups is 1. The second-order valence-corrected chi connectivity index (χ2v) is 7.51. The van der Waals surface area contributed by atoms with Crippen LogP contribution in [-0.4, -0.2) is 55.9 Å². The Morgan fingerprint density at radius 3 is 2.52 bits per heavy atom. The number of ether oxygens (including phenoxy) is 1. The molecule has 0 aliphatic heterocycles. The summed E-state index contributed by atoms with van der Waals surface area (Å²) in [7, 11) is -0.468. The van der Waals surface area contributed by atoms with Gasteiger partial charge in [-0.3, -0.25) is 14.9 Å². The summed E-state index contributed by atoms with van der Waals surface area (Å²) < 4.78 is 28.2. The van der Waals surface area contributed by atoms with Gasteiger partial charge in [0, 0.05) is 30.5 Å². The fraction of sp³-hybridized carbons (Fsp3) is 0.500. The first-order valence-corrected chi connectivity index (χ1v) is 8.75. The maximum absolute atomic E-state index is 12.4. The number of carbonyl (C=O) groups is 1. The summed E-state index contributed by atoms with van der Waals surface area (Å²) in [5.41, 5.74) is -0.221. The van der Waals surface area contributed by atoms with E-state index in [2.05, 4.69) is 0 Å². The number of rotatable bonds is 7. The van der Waals surface area contributed by atoms with E-state index in [1.54, 1.807) is 6.92 Å². The third kappa shape index (κ3) is 4.65. The molecule has 0 aliphatic rings. The molecule has 23 heavy (non-hydrogen) atoms. The highest BCUT2D eigenvalue weighted by Gasteiger charge is 2.24. The second kappa shape index (κ2) is 7.40. The van der Waals surface area contributed by atoms with Crippen LogP contribution in [0.25, 0.3) is 0 Å². The zero-order chi connectivity index (χ0) is 17.8. The van der Waals surface area contributed by atoms with Crippen LogP contribution in [0.3, 0.4) is 0 Å². The van der Waals surface area contributed by atoms with Crippen LogP contribution in [0.2, 0.25) is 0 Å². The third-order valence-electron chi connectivity index (χ3n) is 3.54. The highest BCUT2D eigenvalue weighted by Crippen LogP contribution is 2.28. The largest absolute Gasteiger partial charge is 0.490 e. The molecule has 1 amide bonds. The third-order valence-corrected chi connectivity index (χ3v) is 5.41. The summed E-state index contributed by atoms with van der Waals surface area (Å²) in [4.78, 5) is 24.0. The van der Waals surface area contributed by atoms with Crippen LogP contribution in [-0.2, 0) is 9.84 Å². The van der Waals surface area contributed by atoms with Crippen LogP contribution in [0.15, 0.2) is 18.2 Å². The molecule has 0 aliphatic carbocycles. The van der Waals surface area contributed by atoms with Crippen molar-refractivity contribution in [3.05, 3.63) is 33.9 Å². The lowest BCUT2D eigenvalue weighted by molar-refractivity contribution is -0.385. The molecule has 128 valence electrons. The lowest BCUT2D eigenvalue weighted by Crippen LogP contribution is -2.39. The molecule has 1 aromatic carbocycles. The Hall–Kier alpha value is -2.16. The highest BCUT2D eigenvalue weighted by atomic mass is 32.2. The van der Waals surface area contributed by atoms with Crippen molar-refractivity contribution >= 4 is 21.4 Å². The molecular formula is C14H20N2O6S. The van der Waals surface area contributed by atoms with E-state index in [1.165, 1.54) is 38.1 Å². The zero-order valence-corrected chi connectivity index (χ0v) is 14.3. The number of amides is 1. The maximum atomic E-state index is 12.4. The van der Waals surface area contributed by atoms with Gasteiger partial charge in [0.2, 0.25) is 0 Å². The average molecular weight is 344 g/mol.